The van der Waals surface area contributed by atoms with E-state index in [4.69, 9.17) is 30.4 Å². The van der Waals surface area contributed by atoms with Crippen LogP contribution in [0.15, 0.2) is 24.3 Å². The number of carboxylic acid groups (broad SMARTS) is 2. The van der Waals surface area contributed by atoms with Crippen LogP contribution in [0, 0.1) is 0 Å². The van der Waals surface area contributed by atoms with Crippen LogP contribution in [0.5, 0.6) is 5.75 Å². The summed E-state index contributed by atoms with van der Waals surface area (Å²) in [6.07, 6.45) is 0. The van der Waals surface area contributed by atoms with Gasteiger partial charge in [0.15, 0.2) is 0 Å². The number of nitrogens with one attached hydrogen (secondary N) is 1. The van der Waals surface area contributed by atoms with E-state index in [0.29, 0.717) is 6.61 Å². The van der Waals surface area contributed by atoms with Gasteiger partial charge in [-0.15, -0.1) is 0 Å². The third-order valence-corrected chi connectivity index (χ3v) is 1.51. The molecule has 17 heavy (non-hydrogen) atoms. The zero-order valence-corrected chi connectivity index (χ0v) is 9.21. The maximum atomic E-state index is 9.10. The fraction of sp³-hybridized carbons (Fsp3) is 0.200. The summed E-state index contributed by atoms with van der Waals surface area (Å²) in [5.41, 5.74) is 3.42. The number of nitrogen functional groups attached to an aromatic ring is 1. The number of hydrazine groups is 1. The summed E-state index contributed by atoms with van der Waals surface area (Å²) < 4.78 is 5.24. The average molecular weight is 242 g/mol. The number of ether oxygens (including phenoxy) is 1. The van der Waals surface area contributed by atoms with Gasteiger partial charge in [-0.05, 0) is 31.2 Å². The minimum absolute atomic E-state index is 0.690. The van der Waals surface area contributed by atoms with Crippen LogP contribution in [-0.4, -0.2) is 28.8 Å². The van der Waals surface area contributed by atoms with Crippen LogP contribution >= 0.6 is 0 Å². The molecule has 0 heterocycles. The van der Waals surface area contributed by atoms with Crippen molar-refractivity contribution in [3.8, 4) is 5.75 Å². The molecular weight excluding hydrogens is 228 g/mol. The Hall–Kier alpha value is -2.28. The van der Waals surface area contributed by atoms with Gasteiger partial charge in [0.25, 0.3) is 0 Å². The molecule has 0 radical (unpaired) electrons. The molecule has 5 N–H and O–H groups in total. The Labute approximate surface area is 97.8 Å². The van der Waals surface area contributed by atoms with Crippen molar-refractivity contribution in [3.05, 3.63) is 24.3 Å². The molecule has 0 fully saturated rings. The molecule has 0 unspecified atom stereocenters. The Kier molecular flexibility index (Phi) is 6.88. The Bertz CT molecular complexity index is 351. The Morgan fingerprint density at radius 3 is 2.00 bits per heavy atom. The Morgan fingerprint density at radius 2 is 1.71 bits per heavy atom. The quantitative estimate of drug-likeness (QED) is 0.346. The van der Waals surface area contributed by atoms with Crippen molar-refractivity contribution < 1.29 is 24.5 Å². The number of hydrogen-bond acceptors (Lipinski definition) is 5. The van der Waals surface area contributed by atoms with Crippen LogP contribution in [-0.2, 0) is 9.59 Å². The van der Waals surface area contributed by atoms with E-state index in [1.54, 1.807) is 0 Å². The number of carbonyl (C=O) groups is 2. The van der Waals surface area contributed by atoms with Gasteiger partial charge in [-0.25, -0.2) is 9.59 Å². The fourth-order valence-corrected chi connectivity index (χ4v) is 0.814. The number of nitrogens with two attached hydrogens (primary N) is 1. The van der Waals surface area contributed by atoms with Crippen molar-refractivity contribution in [2.24, 2.45) is 5.84 Å². The number of carboxylic acids is 2. The van der Waals surface area contributed by atoms with E-state index in [0.717, 1.165) is 11.4 Å². The molecule has 1 aromatic carbocycles. The number of benzene rings is 1. The fourth-order valence-electron chi connectivity index (χ4n) is 0.814. The van der Waals surface area contributed by atoms with Gasteiger partial charge < -0.3 is 20.4 Å². The first-order valence-electron chi connectivity index (χ1n) is 4.67. The molecule has 0 spiro atoms. The molecule has 0 aliphatic carbocycles. The highest BCUT2D eigenvalue weighted by Gasteiger charge is 2.04. The van der Waals surface area contributed by atoms with Crippen molar-refractivity contribution in [1.82, 2.24) is 0 Å². The third-order valence-electron chi connectivity index (χ3n) is 1.51. The Morgan fingerprint density at radius 1 is 1.24 bits per heavy atom. The van der Waals surface area contributed by atoms with Crippen LogP contribution in [0.25, 0.3) is 0 Å². The van der Waals surface area contributed by atoms with Crippen molar-refractivity contribution in [3.63, 3.8) is 0 Å². The van der Waals surface area contributed by atoms with Gasteiger partial charge in [-0.3, -0.25) is 5.84 Å². The van der Waals surface area contributed by atoms with Crippen molar-refractivity contribution in [1.29, 1.82) is 0 Å². The second kappa shape index (κ2) is 7.94. The highest BCUT2D eigenvalue weighted by Crippen LogP contribution is 2.14. The van der Waals surface area contributed by atoms with E-state index in [2.05, 4.69) is 5.43 Å². The summed E-state index contributed by atoms with van der Waals surface area (Å²) in [5.74, 6) is 2.40. The van der Waals surface area contributed by atoms with E-state index in [1.807, 2.05) is 31.2 Å². The van der Waals surface area contributed by atoms with E-state index in [9.17, 15) is 0 Å². The molecule has 0 saturated carbocycles. The zero-order chi connectivity index (χ0) is 13.3. The van der Waals surface area contributed by atoms with E-state index < -0.39 is 11.9 Å². The number of rotatable bonds is 3. The van der Waals surface area contributed by atoms with Crippen LogP contribution in [0.2, 0.25) is 0 Å². The van der Waals surface area contributed by atoms with Crippen LogP contribution < -0.4 is 16.0 Å². The van der Waals surface area contributed by atoms with Crippen molar-refractivity contribution >= 4 is 17.6 Å². The summed E-state index contributed by atoms with van der Waals surface area (Å²) >= 11 is 0. The van der Waals surface area contributed by atoms with Crippen LogP contribution in [0.3, 0.4) is 0 Å². The largest absolute Gasteiger partial charge is 0.494 e. The lowest BCUT2D eigenvalue weighted by Gasteiger charge is -2.03. The van der Waals surface area contributed by atoms with E-state index in [-0.39, 0.29) is 0 Å². The minimum atomic E-state index is -1.82. The van der Waals surface area contributed by atoms with Gasteiger partial charge in [0.1, 0.15) is 5.75 Å². The molecule has 1 aromatic rings. The van der Waals surface area contributed by atoms with Crippen molar-refractivity contribution in [2.45, 2.75) is 6.92 Å². The van der Waals surface area contributed by atoms with Crippen LogP contribution in [0.4, 0.5) is 5.69 Å². The molecule has 0 atom stereocenters. The smallest absolute Gasteiger partial charge is 0.414 e. The number of anilines is 1. The first-order chi connectivity index (χ1) is 8.01. The molecule has 0 amide bonds. The van der Waals surface area contributed by atoms with Crippen molar-refractivity contribution in [2.75, 3.05) is 12.0 Å². The SMILES string of the molecule is CCOc1ccc(NN)cc1.O=C(O)C(=O)O. The van der Waals surface area contributed by atoms with Gasteiger partial charge in [-0.2, -0.15) is 0 Å². The molecule has 0 bridgehead atoms. The lowest BCUT2D eigenvalue weighted by Crippen LogP contribution is -2.09. The zero-order valence-electron chi connectivity index (χ0n) is 9.21. The predicted molar refractivity (Wildman–Crippen MR) is 60.7 cm³/mol. The second-order valence-corrected chi connectivity index (χ2v) is 2.71. The molecule has 1 rings (SSSR count). The summed E-state index contributed by atoms with van der Waals surface area (Å²) in [7, 11) is 0. The molecule has 0 aromatic heterocycles. The molecule has 7 heteroatoms. The molecule has 7 nitrogen and oxygen atoms in total. The van der Waals surface area contributed by atoms with E-state index >= 15 is 0 Å². The third kappa shape index (κ3) is 6.74. The molecule has 0 aliphatic rings. The molecule has 94 valence electrons. The summed E-state index contributed by atoms with van der Waals surface area (Å²) in [5, 5.41) is 14.8. The predicted octanol–water partition coefficient (Wildman–Crippen LogP) is 0.526. The summed E-state index contributed by atoms with van der Waals surface area (Å²) in [4.78, 5) is 18.2. The molecular formula is C10H14N2O5. The summed E-state index contributed by atoms with van der Waals surface area (Å²) in [6.45, 7) is 2.64. The Balaban J connectivity index is 0.000000366. The maximum Gasteiger partial charge on any atom is 0.414 e. The molecule has 0 aliphatic heterocycles. The lowest BCUT2D eigenvalue weighted by atomic mass is 10.3. The highest BCUT2D eigenvalue weighted by molar-refractivity contribution is 6.27. The van der Waals surface area contributed by atoms with E-state index in [1.165, 1.54) is 0 Å². The van der Waals surface area contributed by atoms with Gasteiger partial charge in [0, 0.05) is 5.69 Å². The first kappa shape index (κ1) is 14.7. The normalized spacial score (nSPS) is 8.59. The summed E-state index contributed by atoms with van der Waals surface area (Å²) in [6, 6.07) is 7.48. The van der Waals surface area contributed by atoms with Crippen LogP contribution in [0.1, 0.15) is 6.92 Å². The maximum absolute atomic E-state index is 9.10. The number of aliphatic carboxylic acids is 2. The van der Waals surface area contributed by atoms with Gasteiger partial charge in [-0.1, -0.05) is 0 Å². The second-order valence-electron chi connectivity index (χ2n) is 2.71. The van der Waals surface area contributed by atoms with Gasteiger partial charge in [0.05, 0.1) is 6.61 Å². The minimum Gasteiger partial charge on any atom is -0.494 e. The molecule has 0 saturated heterocycles. The lowest BCUT2D eigenvalue weighted by molar-refractivity contribution is -0.159. The van der Waals surface area contributed by atoms with Gasteiger partial charge in [0.2, 0.25) is 0 Å². The topological polar surface area (TPSA) is 122 Å². The highest BCUT2D eigenvalue weighted by atomic mass is 16.5. The monoisotopic (exact) mass is 242 g/mol. The first-order valence-corrected chi connectivity index (χ1v) is 4.67. The van der Waals surface area contributed by atoms with Gasteiger partial charge >= 0.3 is 11.9 Å². The average Bonchev–Trinajstić information content (AvgIpc) is 2.31. The number of hydrogen-bond donors (Lipinski definition) is 4. The standard InChI is InChI=1S/C8H12N2O.C2H2O4/c1-2-11-8-5-3-7(10-9)4-6-8;3-1(4)2(5)6/h3-6,10H,2,9H2,1H3;(H,3,4)(H,5,6).